The lowest BCUT2D eigenvalue weighted by atomic mass is 10.1. The van der Waals surface area contributed by atoms with Crippen LogP contribution in [0.3, 0.4) is 0 Å². The van der Waals surface area contributed by atoms with Crippen LogP contribution >= 0.6 is 23.4 Å². The van der Waals surface area contributed by atoms with Crippen molar-refractivity contribution in [3.8, 4) is 0 Å². The van der Waals surface area contributed by atoms with Gasteiger partial charge < -0.3 is 10.2 Å². The summed E-state index contributed by atoms with van der Waals surface area (Å²) < 4.78 is 0. The second-order valence-corrected chi connectivity index (χ2v) is 8.63. The van der Waals surface area contributed by atoms with Crippen LogP contribution in [0.4, 0.5) is 0 Å². The van der Waals surface area contributed by atoms with Crippen molar-refractivity contribution in [2.75, 3.05) is 12.3 Å². The number of aryl methyl sites for hydroxylation is 1. The molecule has 2 aromatic carbocycles. The molecule has 0 saturated carbocycles. The first-order valence-corrected chi connectivity index (χ1v) is 11.3. The number of benzene rings is 2. The van der Waals surface area contributed by atoms with Gasteiger partial charge in [0.25, 0.3) is 0 Å². The van der Waals surface area contributed by atoms with E-state index in [0.29, 0.717) is 30.3 Å². The topological polar surface area (TPSA) is 49.4 Å². The van der Waals surface area contributed by atoms with Gasteiger partial charge in [-0.2, -0.15) is 0 Å². The van der Waals surface area contributed by atoms with Crippen molar-refractivity contribution in [3.63, 3.8) is 0 Å². The monoisotopic (exact) mass is 432 g/mol. The lowest BCUT2D eigenvalue weighted by molar-refractivity contribution is -0.140. The van der Waals surface area contributed by atoms with Crippen molar-refractivity contribution < 1.29 is 9.59 Å². The number of hydrogen-bond acceptors (Lipinski definition) is 3. The summed E-state index contributed by atoms with van der Waals surface area (Å²) in [4.78, 5) is 28.3. The van der Waals surface area contributed by atoms with Gasteiger partial charge >= 0.3 is 0 Å². The van der Waals surface area contributed by atoms with Gasteiger partial charge in [0.2, 0.25) is 11.8 Å². The predicted octanol–water partition coefficient (Wildman–Crippen LogP) is 5.07. The Morgan fingerprint density at radius 1 is 1.10 bits per heavy atom. The summed E-state index contributed by atoms with van der Waals surface area (Å²) >= 11 is 7.62. The zero-order valence-corrected chi connectivity index (χ0v) is 18.9. The molecule has 0 radical (unpaired) electrons. The smallest absolute Gasteiger partial charge is 0.242 e. The van der Waals surface area contributed by atoms with Gasteiger partial charge in [-0.15, -0.1) is 11.8 Å². The Kier molecular flexibility index (Phi) is 9.55. The van der Waals surface area contributed by atoms with Gasteiger partial charge in [0.05, 0.1) is 0 Å². The summed E-state index contributed by atoms with van der Waals surface area (Å²) in [5, 5.41) is 3.54. The number of thioether (sulfide) groups is 1. The van der Waals surface area contributed by atoms with Crippen LogP contribution < -0.4 is 5.32 Å². The number of halogens is 1. The van der Waals surface area contributed by atoms with Gasteiger partial charge in [0.1, 0.15) is 6.04 Å². The Hall–Kier alpha value is -1.98. The third-order valence-electron chi connectivity index (χ3n) is 4.59. The van der Waals surface area contributed by atoms with Crippen LogP contribution in [-0.2, 0) is 16.1 Å². The van der Waals surface area contributed by atoms with E-state index in [9.17, 15) is 9.59 Å². The number of nitrogens with zero attached hydrogens (tertiary/aromatic N) is 1. The molecule has 6 heteroatoms. The third kappa shape index (κ3) is 7.75. The molecule has 4 nitrogen and oxygen atoms in total. The fourth-order valence-electron chi connectivity index (χ4n) is 2.80. The van der Waals surface area contributed by atoms with Crippen LogP contribution in [0.25, 0.3) is 0 Å². The fraction of sp³-hybridized carbons (Fsp3) is 0.391. The average Bonchev–Trinajstić information content (AvgIpc) is 2.72. The van der Waals surface area contributed by atoms with Crippen molar-refractivity contribution in [1.82, 2.24) is 10.2 Å². The van der Waals surface area contributed by atoms with E-state index in [-0.39, 0.29) is 11.8 Å². The minimum absolute atomic E-state index is 0.0290. The Morgan fingerprint density at radius 2 is 1.76 bits per heavy atom. The fourth-order valence-corrected chi connectivity index (χ4v) is 3.77. The van der Waals surface area contributed by atoms with E-state index >= 15 is 0 Å². The first-order valence-electron chi connectivity index (χ1n) is 9.91. The quantitative estimate of drug-likeness (QED) is 0.533. The molecule has 156 valence electrons. The summed E-state index contributed by atoms with van der Waals surface area (Å²) in [5.74, 6) is 0.515. The number of carbonyl (C=O) groups is 2. The van der Waals surface area contributed by atoms with Gasteiger partial charge in [-0.05, 0) is 50.1 Å². The molecule has 0 unspecified atom stereocenters. The second kappa shape index (κ2) is 11.9. The van der Waals surface area contributed by atoms with Crippen molar-refractivity contribution in [1.29, 1.82) is 0 Å². The van der Waals surface area contributed by atoms with E-state index in [1.165, 1.54) is 5.56 Å². The lowest BCUT2D eigenvalue weighted by Crippen LogP contribution is -2.47. The zero-order valence-electron chi connectivity index (χ0n) is 17.3. The lowest BCUT2D eigenvalue weighted by Gasteiger charge is -2.29. The highest BCUT2D eigenvalue weighted by Gasteiger charge is 2.25. The number of hydrogen-bond donors (Lipinski definition) is 1. The van der Waals surface area contributed by atoms with E-state index in [4.69, 9.17) is 11.6 Å². The molecule has 1 N–H and O–H groups in total. The molecule has 0 fully saturated rings. The molecular weight excluding hydrogens is 404 g/mol. The van der Waals surface area contributed by atoms with E-state index in [1.54, 1.807) is 35.7 Å². The minimum Gasteiger partial charge on any atom is -0.354 e. The maximum Gasteiger partial charge on any atom is 0.242 e. The maximum atomic E-state index is 13.0. The summed E-state index contributed by atoms with van der Waals surface area (Å²) in [7, 11) is 0. The van der Waals surface area contributed by atoms with E-state index in [2.05, 4.69) is 36.5 Å². The van der Waals surface area contributed by atoms with Crippen LogP contribution in [0, 0.1) is 6.92 Å². The predicted molar refractivity (Wildman–Crippen MR) is 121 cm³/mol. The highest BCUT2D eigenvalue weighted by Crippen LogP contribution is 2.20. The highest BCUT2D eigenvalue weighted by molar-refractivity contribution is 7.99. The molecule has 29 heavy (non-hydrogen) atoms. The third-order valence-corrected chi connectivity index (χ3v) is 5.85. The van der Waals surface area contributed by atoms with E-state index in [0.717, 1.165) is 16.9 Å². The molecule has 0 aromatic heterocycles. The van der Waals surface area contributed by atoms with Gasteiger partial charge in [-0.25, -0.2) is 0 Å². The molecule has 0 bridgehead atoms. The Morgan fingerprint density at radius 3 is 2.38 bits per heavy atom. The molecule has 1 atom stereocenters. The van der Waals surface area contributed by atoms with Crippen LogP contribution in [0.15, 0.2) is 53.4 Å². The Balaban J connectivity index is 2.03. The number of carbonyl (C=O) groups excluding carboxylic acids is 2. The molecule has 0 spiro atoms. The van der Waals surface area contributed by atoms with E-state index in [1.807, 2.05) is 19.1 Å². The molecule has 2 rings (SSSR count). The largest absolute Gasteiger partial charge is 0.354 e. The van der Waals surface area contributed by atoms with Crippen LogP contribution in [0.2, 0.25) is 5.02 Å². The summed E-state index contributed by atoms with van der Waals surface area (Å²) in [6.45, 7) is 6.83. The molecule has 2 amide bonds. The number of rotatable bonds is 10. The van der Waals surface area contributed by atoms with Crippen LogP contribution in [0.1, 0.15) is 37.8 Å². The van der Waals surface area contributed by atoms with Crippen molar-refractivity contribution in [3.05, 3.63) is 64.7 Å². The normalized spacial score (nSPS) is 11.7. The molecule has 0 aliphatic rings. The van der Waals surface area contributed by atoms with Gasteiger partial charge in [0.15, 0.2) is 0 Å². The van der Waals surface area contributed by atoms with Crippen molar-refractivity contribution in [2.24, 2.45) is 0 Å². The molecule has 0 heterocycles. The van der Waals surface area contributed by atoms with Crippen molar-refractivity contribution >= 4 is 35.2 Å². The van der Waals surface area contributed by atoms with Crippen molar-refractivity contribution in [2.45, 2.75) is 51.1 Å². The van der Waals surface area contributed by atoms with Gasteiger partial charge in [-0.3, -0.25) is 9.59 Å². The summed E-state index contributed by atoms with van der Waals surface area (Å²) in [5.41, 5.74) is 2.16. The summed E-state index contributed by atoms with van der Waals surface area (Å²) in [6.07, 6.45) is 1.23. The van der Waals surface area contributed by atoms with Gasteiger partial charge in [-0.1, -0.05) is 48.4 Å². The molecule has 2 aromatic rings. The minimum atomic E-state index is -0.533. The summed E-state index contributed by atoms with van der Waals surface area (Å²) in [6, 6.07) is 15.1. The highest BCUT2D eigenvalue weighted by atomic mass is 35.5. The first-order chi connectivity index (χ1) is 13.9. The van der Waals surface area contributed by atoms with Crippen LogP contribution in [0.5, 0.6) is 0 Å². The number of nitrogens with one attached hydrogen (secondary N) is 1. The second-order valence-electron chi connectivity index (χ2n) is 7.03. The van der Waals surface area contributed by atoms with Crippen LogP contribution in [-0.4, -0.2) is 35.1 Å². The number of amides is 2. The molecule has 0 aliphatic carbocycles. The van der Waals surface area contributed by atoms with E-state index < -0.39 is 6.04 Å². The average molecular weight is 433 g/mol. The zero-order chi connectivity index (χ0) is 21.2. The first kappa shape index (κ1) is 23.3. The maximum absolute atomic E-state index is 13.0. The standard InChI is InChI=1S/C23H29ClN2O2S/c1-4-14-25-23(28)18(3)26(16-19-7-9-20(24)10-8-19)22(27)13-15-29-21-11-5-17(2)6-12-21/h5-12,18H,4,13-16H2,1-3H3,(H,25,28)/t18-/m1/s1. The Bertz CT molecular complexity index is 794. The molecular formula is C23H29ClN2O2S. The molecule has 0 saturated heterocycles. The van der Waals surface area contributed by atoms with Gasteiger partial charge in [0, 0.05) is 35.2 Å². The molecule has 0 aliphatic heterocycles. The Labute approximate surface area is 183 Å². The SMILES string of the molecule is CCCNC(=O)[C@@H](C)N(Cc1ccc(Cl)cc1)C(=O)CCSc1ccc(C)cc1.